The second-order valence-corrected chi connectivity index (χ2v) is 8.12. The number of benzene rings is 1. The summed E-state index contributed by atoms with van der Waals surface area (Å²) in [4.78, 5) is 39.3. The average molecular weight is 485 g/mol. The maximum absolute atomic E-state index is 12.9. The van der Waals surface area contributed by atoms with Crippen molar-refractivity contribution in [3.63, 3.8) is 0 Å². The summed E-state index contributed by atoms with van der Waals surface area (Å²) >= 11 is 0. The van der Waals surface area contributed by atoms with E-state index in [4.69, 9.17) is 0 Å². The van der Waals surface area contributed by atoms with Crippen LogP contribution in [0.15, 0.2) is 55.2 Å². The fraction of sp³-hybridized carbons (Fsp3) is 0.292. The first-order valence-electron chi connectivity index (χ1n) is 10.9. The van der Waals surface area contributed by atoms with Gasteiger partial charge in [0.2, 0.25) is 0 Å². The van der Waals surface area contributed by atoms with Crippen molar-refractivity contribution in [1.29, 1.82) is 0 Å². The van der Waals surface area contributed by atoms with Crippen LogP contribution in [0.5, 0.6) is 5.75 Å². The number of carbonyl (C=O) groups excluding carboxylic acids is 2. The van der Waals surface area contributed by atoms with Crippen LogP contribution in [0.25, 0.3) is 11.1 Å². The molecule has 0 radical (unpaired) electrons. The van der Waals surface area contributed by atoms with E-state index in [0.29, 0.717) is 35.7 Å². The molecule has 0 bridgehead atoms. The molecule has 0 saturated carbocycles. The number of Topliss-reactive ketones (excluding diaryl/α,β-unsaturated/α-hetero) is 1. The van der Waals surface area contributed by atoms with Crippen LogP contribution < -0.4 is 15.0 Å². The first-order valence-corrected chi connectivity index (χ1v) is 10.9. The number of nitrogens with zero attached hydrogens (tertiary/aromatic N) is 4. The Bertz CT molecular complexity index is 1200. The smallest absolute Gasteiger partial charge is 0.406 e. The lowest BCUT2D eigenvalue weighted by atomic mass is 9.93. The summed E-state index contributed by atoms with van der Waals surface area (Å²) in [6.07, 6.45) is 2.73. The Hall–Kier alpha value is -4.02. The molecule has 3 heterocycles. The van der Waals surface area contributed by atoms with E-state index in [-0.39, 0.29) is 23.0 Å². The van der Waals surface area contributed by atoms with Gasteiger partial charge in [-0.05, 0) is 50.1 Å². The molecule has 1 N–H and O–H groups in total. The monoisotopic (exact) mass is 485 g/mol. The van der Waals surface area contributed by atoms with E-state index in [1.54, 1.807) is 25.4 Å². The molecule has 0 atom stereocenters. The van der Waals surface area contributed by atoms with Crippen LogP contribution in [0, 0.1) is 5.92 Å². The van der Waals surface area contributed by atoms with Gasteiger partial charge in [-0.25, -0.2) is 15.0 Å². The fourth-order valence-electron chi connectivity index (χ4n) is 3.93. The van der Waals surface area contributed by atoms with Crippen LogP contribution in [0.2, 0.25) is 0 Å². The van der Waals surface area contributed by atoms with Gasteiger partial charge in [0.05, 0.1) is 5.56 Å². The molecule has 1 fully saturated rings. The van der Waals surface area contributed by atoms with Crippen LogP contribution in [0.1, 0.15) is 30.1 Å². The Labute approximate surface area is 199 Å². The van der Waals surface area contributed by atoms with E-state index >= 15 is 0 Å². The third-order valence-electron chi connectivity index (χ3n) is 5.72. The summed E-state index contributed by atoms with van der Waals surface area (Å²) in [6.45, 7) is 2.90. The maximum Gasteiger partial charge on any atom is 0.573 e. The van der Waals surface area contributed by atoms with E-state index in [1.807, 2.05) is 0 Å². The molecule has 0 unspecified atom stereocenters. The summed E-state index contributed by atoms with van der Waals surface area (Å²) in [6, 6.07) is 6.52. The molecule has 1 amide bonds. The number of carbonyl (C=O) groups is 2. The number of hydrogen-bond acceptors (Lipinski definition) is 7. The quantitative estimate of drug-likeness (QED) is 0.549. The summed E-state index contributed by atoms with van der Waals surface area (Å²) in [7, 11) is 0. The molecule has 8 nitrogen and oxygen atoms in total. The third-order valence-corrected chi connectivity index (χ3v) is 5.72. The molecule has 11 heteroatoms. The Kier molecular flexibility index (Phi) is 6.94. The number of ether oxygens (including phenoxy) is 1. The van der Waals surface area contributed by atoms with Crippen LogP contribution in [0.4, 0.5) is 24.7 Å². The van der Waals surface area contributed by atoms with Gasteiger partial charge >= 0.3 is 6.36 Å². The van der Waals surface area contributed by atoms with Gasteiger partial charge in [0.1, 0.15) is 23.7 Å². The van der Waals surface area contributed by atoms with E-state index in [9.17, 15) is 22.8 Å². The molecule has 0 aliphatic carbocycles. The van der Waals surface area contributed by atoms with Crippen LogP contribution in [-0.4, -0.2) is 46.1 Å². The second-order valence-electron chi connectivity index (χ2n) is 8.12. The maximum atomic E-state index is 12.9. The van der Waals surface area contributed by atoms with Gasteiger partial charge in [-0.1, -0.05) is 0 Å². The zero-order chi connectivity index (χ0) is 25.0. The molecule has 3 aromatic rings. The van der Waals surface area contributed by atoms with Crippen molar-refractivity contribution in [2.45, 2.75) is 26.1 Å². The van der Waals surface area contributed by atoms with E-state index in [0.717, 1.165) is 25.0 Å². The topological polar surface area (TPSA) is 97.3 Å². The van der Waals surface area contributed by atoms with Crippen LogP contribution in [-0.2, 0) is 4.79 Å². The lowest BCUT2D eigenvalue weighted by Gasteiger charge is -2.33. The van der Waals surface area contributed by atoms with Crippen molar-refractivity contribution in [2.24, 2.45) is 5.92 Å². The van der Waals surface area contributed by atoms with Crippen molar-refractivity contribution < 1.29 is 27.5 Å². The zero-order valence-electron chi connectivity index (χ0n) is 18.7. The number of ketones is 1. The molecular formula is C24H22F3N5O3. The van der Waals surface area contributed by atoms with Crippen LogP contribution >= 0.6 is 0 Å². The van der Waals surface area contributed by atoms with E-state index in [2.05, 4.69) is 29.9 Å². The van der Waals surface area contributed by atoms with Gasteiger partial charge in [-0.2, -0.15) is 0 Å². The lowest BCUT2D eigenvalue weighted by molar-refractivity contribution is -0.274. The number of aromatic nitrogens is 3. The van der Waals surface area contributed by atoms with Gasteiger partial charge < -0.3 is 15.0 Å². The highest BCUT2D eigenvalue weighted by Gasteiger charge is 2.31. The number of anilines is 2. The number of piperidine rings is 1. The number of amides is 1. The molecule has 2 aromatic heterocycles. The number of halogens is 3. The molecule has 1 aliphatic heterocycles. The van der Waals surface area contributed by atoms with Gasteiger partial charge in [0.25, 0.3) is 5.91 Å². The summed E-state index contributed by atoms with van der Waals surface area (Å²) < 4.78 is 40.9. The molecule has 35 heavy (non-hydrogen) atoms. The van der Waals surface area contributed by atoms with E-state index < -0.39 is 12.3 Å². The third kappa shape index (κ3) is 6.11. The first-order chi connectivity index (χ1) is 16.7. The molecule has 0 spiro atoms. The predicted molar refractivity (Wildman–Crippen MR) is 122 cm³/mol. The average Bonchev–Trinajstić information content (AvgIpc) is 2.84. The van der Waals surface area contributed by atoms with Gasteiger partial charge in [0, 0.05) is 54.4 Å². The predicted octanol–water partition coefficient (Wildman–Crippen LogP) is 4.49. The SMILES string of the molecule is CC(=O)C1CCN(c2ncc(C(=O)Nc3ccc(OC(F)(F)F)cc3)cc2-c2cncnc2)CC1. The van der Waals surface area contributed by atoms with Crippen molar-refractivity contribution in [3.8, 4) is 16.9 Å². The summed E-state index contributed by atoms with van der Waals surface area (Å²) in [5.41, 5.74) is 1.88. The molecule has 1 aromatic carbocycles. The number of rotatable bonds is 6. The molecule has 1 saturated heterocycles. The minimum Gasteiger partial charge on any atom is -0.406 e. The second kappa shape index (κ2) is 10.1. The Morgan fingerprint density at radius 3 is 2.31 bits per heavy atom. The zero-order valence-corrected chi connectivity index (χ0v) is 18.7. The molecule has 182 valence electrons. The lowest BCUT2D eigenvalue weighted by Crippen LogP contribution is -2.36. The Morgan fingerprint density at radius 2 is 1.71 bits per heavy atom. The minimum absolute atomic E-state index is 0.0349. The highest BCUT2D eigenvalue weighted by Crippen LogP contribution is 2.32. The van der Waals surface area contributed by atoms with E-state index in [1.165, 1.54) is 24.7 Å². The van der Waals surface area contributed by atoms with Crippen molar-refractivity contribution >= 4 is 23.2 Å². The molecule has 4 rings (SSSR count). The highest BCUT2D eigenvalue weighted by molar-refractivity contribution is 6.05. The van der Waals surface area contributed by atoms with Crippen molar-refractivity contribution in [2.75, 3.05) is 23.3 Å². The van der Waals surface area contributed by atoms with Gasteiger partial charge in [-0.15, -0.1) is 13.2 Å². The van der Waals surface area contributed by atoms with Crippen molar-refractivity contribution in [1.82, 2.24) is 15.0 Å². The number of alkyl halides is 3. The number of pyridine rings is 1. The Balaban J connectivity index is 1.56. The fourth-order valence-corrected chi connectivity index (χ4v) is 3.93. The highest BCUT2D eigenvalue weighted by atomic mass is 19.4. The largest absolute Gasteiger partial charge is 0.573 e. The summed E-state index contributed by atoms with van der Waals surface area (Å²) in [5.74, 6) is 0.00222. The van der Waals surface area contributed by atoms with Gasteiger partial charge in [-0.3, -0.25) is 9.59 Å². The number of hydrogen-bond donors (Lipinski definition) is 1. The van der Waals surface area contributed by atoms with Crippen molar-refractivity contribution in [3.05, 3.63) is 60.8 Å². The van der Waals surface area contributed by atoms with Gasteiger partial charge in [0.15, 0.2) is 0 Å². The standard InChI is InChI=1S/C24H22F3N5O3/c1-15(33)16-6-8-32(9-7-16)22-21(18-11-28-14-29-12-18)10-17(13-30-22)23(34)31-19-2-4-20(5-3-19)35-24(25,26)27/h2-5,10-14,16H,6-9H2,1H3,(H,31,34). The normalized spacial score (nSPS) is 14.5. The molecular weight excluding hydrogens is 463 g/mol. The summed E-state index contributed by atoms with van der Waals surface area (Å²) in [5, 5.41) is 2.65. The van der Waals surface area contributed by atoms with Crippen LogP contribution in [0.3, 0.4) is 0 Å². The minimum atomic E-state index is -4.79. The molecule has 1 aliphatic rings. The Morgan fingerprint density at radius 1 is 1.06 bits per heavy atom. The number of nitrogens with one attached hydrogen (secondary N) is 1. The first kappa shape index (κ1) is 24.1.